The number of nitrogens with zero attached hydrogens (tertiary/aromatic N) is 4. The van der Waals surface area contributed by atoms with Crippen molar-refractivity contribution in [2.75, 3.05) is 0 Å². The summed E-state index contributed by atoms with van der Waals surface area (Å²) in [6.07, 6.45) is 1.30. The van der Waals surface area contributed by atoms with Crippen LogP contribution in [0.4, 0.5) is 0 Å². The van der Waals surface area contributed by atoms with E-state index in [1.54, 1.807) is 11.5 Å². The van der Waals surface area contributed by atoms with Crippen molar-refractivity contribution in [1.82, 2.24) is 14.5 Å². The summed E-state index contributed by atoms with van der Waals surface area (Å²) < 4.78 is 1.63. The summed E-state index contributed by atoms with van der Waals surface area (Å²) in [5.74, 6) is 5.63. The fraction of sp³-hybridized carbons (Fsp3) is 0.182. The molecule has 84 valence electrons. The normalized spacial score (nSPS) is 9.76. The molecular weight excluding hydrogens is 259 g/mol. The molecule has 0 aliphatic heterocycles. The highest BCUT2D eigenvalue weighted by Crippen LogP contribution is 2.30. The lowest BCUT2D eigenvalue weighted by atomic mass is 10.3. The third-order valence-electron chi connectivity index (χ3n) is 2.25. The van der Waals surface area contributed by atoms with Gasteiger partial charge in [-0.3, -0.25) is 0 Å². The molecule has 0 N–H and O–H groups in total. The second-order valence-electron chi connectivity index (χ2n) is 3.15. The van der Waals surface area contributed by atoms with Crippen molar-refractivity contribution < 1.29 is 0 Å². The van der Waals surface area contributed by atoms with E-state index in [4.69, 9.17) is 28.5 Å². The minimum absolute atomic E-state index is 0.260. The van der Waals surface area contributed by atoms with E-state index in [0.717, 1.165) is 0 Å². The largest absolute Gasteiger partial charge is 0.315 e. The van der Waals surface area contributed by atoms with Gasteiger partial charge in [0.15, 0.2) is 5.15 Å². The highest BCUT2D eigenvalue weighted by Gasteiger charge is 2.18. The van der Waals surface area contributed by atoms with Crippen LogP contribution in [0.2, 0.25) is 10.3 Å². The van der Waals surface area contributed by atoms with Gasteiger partial charge in [-0.05, 0) is 6.92 Å². The number of rotatable bonds is 1. The Morgan fingerprint density at radius 1 is 1.41 bits per heavy atom. The second kappa shape index (κ2) is 4.63. The Morgan fingerprint density at radius 2 is 2.18 bits per heavy atom. The van der Waals surface area contributed by atoms with E-state index < -0.39 is 0 Å². The molecule has 2 aromatic rings. The number of halogens is 2. The molecule has 2 heterocycles. The molecule has 4 nitrogen and oxygen atoms in total. The molecule has 0 amide bonds. The molecule has 0 aliphatic rings. The van der Waals surface area contributed by atoms with E-state index in [1.165, 1.54) is 6.33 Å². The molecule has 0 spiro atoms. The van der Waals surface area contributed by atoms with Crippen LogP contribution in [0.5, 0.6) is 0 Å². The van der Waals surface area contributed by atoms with E-state index in [1.807, 2.05) is 6.07 Å². The summed E-state index contributed by atoms with van der Waals surface area (Å²) >= 11 is 12.1. The van der Waals surface area contributed by atoms with Crippen molar-refractivity contribution in [3.05, 3.63) is 22.2 Å². The van der Waals surface area contributed by atoms with E-state index in [-0.39, 0.29) is 10.3 Å². The first kappa shape index (κ1) is 11.7. The van der Waals surface area contributed by atoms with Crippen molar-refractivity contribution in [1.29, 1.82) is 5.26 Å². The lowest BCUT2D eigenvalue weighted by molar-refractivity contribution is 0.881. The van der Waals surface area contributed by atoms with Crippen LogP contribution in [0, 0.1) is 23.2 Å². The van der Waals surface area contributed by atoms with Crippen LogP contribution >= 0.6 is 23.2 Å². The molecule has 0 saturated carbocycles. The summed E-state index contributed by atoms with van der Waals surface area (Å²) in [5, 5.41) is 9.60. The molecule has 2 rings (SSSR count). The number of nitriles is 1. The number of fused-ring (bicyclic) bond motifs is 1. The van der Waals surface area contributed by atoms with Crippen LogP contribution in [-0.2, 0) is 6.54 Å². The quantitative estimate of drug-likeness (QED) is 0.588. The van der Waals surface area contributed by atoms with Crippen molar-refractivity contribution in [2.45, 2.75) is 13.5 Å². The van der Waals surface area contributed by atoms with Crippen molar-refractivity contribution >= 4 is 34.2 Å². The average molecular weight is 265 g/mol. The molecule has 0 aliphatic carbocycles. The summed E-state index contributed by atoms with van der Waals surface area (Å²) in [6, 6.07) is 2.01. The topological polar surface area (TPSA) is 54.5 Å². The zero-order valence-electron chi connectivity index (χ0n) is 8.83. The predicted octanol–water partition coefficient (Wildman–Crippen LogP) is 2.63. The van der Waals surface area contributed by atoms with Crippen LogP contribution in [-0.4, -0.2) is 14.5 Å². The van der Waals surface area contributed by atoms with E-state index >= 15 is 0 Å². The Hall–Kier alpha value is -1.75. The lowest BCUT2D eigenvalue weighted by Gasteiger charge is -2.01. The van der Waals surface area contributed by atoms with Gasteiger partial charge in [-0.25, -0.2) is 9.97 Å². The van der Waals surface area contributed by atoms with Crippen LogP contribution in [0.1, 0.15) is 12.5 Å². The molecule has 0 atom stereocenters. The molecule has 0 unspecified atom stereocenters. The standard InChI is InChI=1S/C11H6Cl2N4/c1-2-3-4-17-9-8(7(5-14)11(17)13)15-6-16-10(9)12/h6H,4H2,1H3. The Morgan fingerprint density at radius 3 is 2.82 bits per heavy atom. The Balaban J connectivity index is 2.85. The van der Waals surface area contributed by atoms with Gasteiger partial charge in [0.05, 0.1) is 6.54 Å². The molecule has 0 bridgehead atoms. The first-order chi connectivity index (χ1) is 8.20. The van der Waals surface area contributed by atoms with Gasteiger partial charge in [0.25, 0.3) is 0 Å². The summed E-state index contributed by atoms with van der Waals surface area (Å²) in [4.78, 5) is 7.91. The van der Waals surface area contributed by atoms with Crippen LogP contribution in [0.15, 0.2) is 6.33 Å². The Bertz CT molecular complexity index is 685. The second-order valence-corrected chi connectivity index (χ2v) is 3.87. The lowest BCUT2D eigenvalue weighted by Crippen LogP contribution is -1.96. The highest BCUT2D eigenvalue weighted by atomic mass is 35.5. The van der Waals surface area contributed by atoms with Gasteiger partial charge in [0.1, 0.15) is 34.1 Å². The molecule has 2 aromatic heterocycles. The SMILES string of the molecule is CC#CCn1c(Cl)c(C#N)c2ncnc(Cl)c21. The monoisotopic (exact) mass is 264 g/mol. The van der Waals surface area contributed by atoms with Gasteiger partial charge in [-0.15, -0.1) is 5.92 Å². The molecular formula is C11H6Cl2N4. The van der Waals surface area contributed by atoms with Crippen LogP contribution < -0.4 is 0 Å². The van der Waals surface area contributed by atoms with Gasteiger partial charge in [-0.2, -0.15) is 5.26 Å². The Kier molecular flexibility index (Phi) is 3.19. The van der Waals surface area contributed by atoms with Gasteiger partial charge < -0.3 is 4.57 Å². The summed E-state index contributed by atoms with van der Waals surface area (Å²) in [5.41, 5.74) is 1.29. The van der Waals surface area contributed by atoms with E-state index in [9.17, 15) is 0 Å². The molecule has 0 radical (unpaired) electrons. The minimum atomic E-state index is 0.260. The third kappa shape index (κ3) is 1.82. The zero-order valence-corrected chi connectivity index (χ0v) is 10.3. The van der Waals surface area contributed by atoms with E-state index in [0.29, 0.717) is 23.1 Å². The van der Waals surface area contributed by atoms with Crippen molar-refractivity contribution in [3.8, 4) is 17.9 Å². The maximum absolute atomic E-state index is 9.06. The number of hydrogen-bond donors (Lipinski definition) is 0. The third-order valence-corrected chi connectivity index (χ3v) is 2.92. The van der Waals surface area contributed by atoms with Crippen molar-refractivity contribution in [3.63, 3.8) is 0 Å². The first-order valence-electron chi connectivity index (χ1n) is 4.68. The fourth-order valence-corrected chi connectivity index (χ4v) is 2.03. The van der Waals surface area contributed by atoms with Crippen molar-refractivity contribution in [2.24, 2.45) is 0 Å². The maximum atomic E-state index is 9.06. The van der Waals surface area contributed by atoms with E-state index in [2.05, 4.69) is 21.8 Å². The predicted molar refractivity (Wildman–Crippen MR) is 65.7 cm³/mol. The van der Waals surface area contributed by atoms with Crippen LogP contribution in [0.3, 0.4) is 0 Å². The first-order valence-corrected chi connectivity index (χ1v) is 5.44. The van der Waals surface area contributed by atoms with Gasteiger partial charge in [0.2, 0.25) is 0 Å². The smallest absolute Gasteiger partial charge is 0.156 e. The Labute approximate surface area is 108 Å². The highest BCUT2D eigenvalue weighted by molar-refractivity contribution is 6.36. The number of aromatic nitrogens is 3. The van der Waals surface area contributed by atoms with Gasteiger partial charge >= 0.3 is 0 Å². The van der Waals surface area contributed by atoms with Gasteiger partial charge in [0, 0.05) is 0 Å². The minimum Gasteiger partial charge on any atom is -0.315 e. The maximum Gasteiger partial charge on any atom is 0.156 e. The molecule has 6 heteroatoms. The zero-order chi connectivity index (χ0) is 12.4. The molecule has 0 fully saturated rings. The summed E-state index contributed by atoms with van der Waals surface area (Å²) in [7, 11) is 0. The molecule has 17 heavy (non-hydrogen) atoms. The summed E-state index contributed by atoms with van der Waals surface area (Å²) in [6.45, 7) is 2.07. The average Bonchev–Trinajstić information content (AvgIpc) is 2.60. The molecule has 0 aromatic carbocycles. The van der Waals surface area contributed by atoms with Crippen LogP contribution in [0.25, 0.3) is 11.0 Å². The number of hydrogen-bond acceptors (Lipinski definition) is 3. The fourth-order valence-electron chi connectivity index (χ4n) is 1.52. The molecule has 0 saturated heterocycles. The van der Waals surface area contributed by atoms with Gasteiger partial charge in [-0.1, -0.05) is 29.1 Å².